The van der Waals surface area contributed by atoms with Gasteiger partial charge in [-0.15, -0.1) is 0 Å². The minimum atomic E-state index is 0.209. The first kappa shape index (κ1) is 19.6. The van der Waals surface area contributed by atoms with Crippen molar-refractivity contribution in [2.75, 3.05) is 5.32 Å². The summed E-state index contributed by atoms with van der Waals surface area (Å²) in [5.41, 5.74) is 6.73. The molecule has 0 bridgehead atoms. The first-order valence-corrected chi connectivity index (χ1v) is 11.0. The third-order valence-corrected chi connectivity index (χ3v) is 6.16. The van der Waals surface area contributed by atoms with Crippen LogP contribution in [0.1, 0.15) is 48.0 Å². The van der Waals surface area contributed by atoms with Gasteiger partial charge in [-0.2, -0.15) is 4.98 Å². The van der Waals surface area contributed by atoms with Gasteiger partial charge in [-0.3, -0.25) is 4.79 Å². The fourth-order valence-corrected chi connectivity index (χ4v) is 4.39. The van der Waals surface area contributed by atoms with Gasteiger partial charge in [0.2, 0.25) is 0 Å². The molecule has 0 radical (unpaired) electrons. The van der Waals surface area contributed by atoms with Crippen molar-refractivity contribution in [3.63, 3.8) is 0 Å². The molecule has 1 aliphatic rings. The second-order valence-electron chi connectivity index (χ2n) is 8.47. The maximum atomic E-state index is 12.7. The molecule has 1 fully saturated rings. The highest BCUT2D eigenvalue weighted by atomic mass is 16.4. The average molecular weight is 411 g/mol. The molecule has 0 amide bonds. The predicted octanol–water partition coefficient (Wildman–Crippen LogP) is 7.31. The smallest absolute Gasteiger partial charge is 0.300 e. The van der Waals surface area contributed by atoms with E-state index >= 15 is 0 Å². The minimum absolute atomic E-state index is 0.209. The summed E-state index contributed by atoms with van der Waals surface area (Å²) in [5.74, 6) is 0.514. The van der Waals surface area contributed by atoms with E-state index < -0.39 is 0 Å². The van der Waals surface area contributed by atoms with Crippen LogP contribution in [0.3, 0.4) is 0 Å². The van der Waals surface area contributed by atoms with Gasteiger partial charge in [-0.05, 0) is 60.7 Å². The van der Waals surface area contributed by atoms with Crippen LogP contribution < -0.4 is 5.32 Å². The van der Waals surface area contributed by atoms with E-state index in [0.717, 1.165) is 51.9 Å². The summed E-state index contributed by atoms with van der Waals surface area (Å²) in [6.45, 7) is 2.04. The maximum Gasteiger partial charge on any atom is 0.300 e. The van der Waals surface area contributed by atoms with Crippen LogP contribution in [0.4, 0.5) is 11.7 Å². The van der Waals surface area contributed by atoms with E-state index in [0.29, 0.717) is 11.8 Å². The quantitative estimate of drug-likeness (QED) is 0.350. The fraction of sp³-hybridized carbons (Fsp3) is 0.259. The largest absolute Gasteiger partial charge is 0.423 e. The average Bonchev–Trinajstić information content (AvgIpc) is 3.21. The molecule has 5 rings (SSSR count). The van der Waals surface area contributed by atoms with Crippen LogP contribution >= 0.6 is 0 Å². The van der Waals surface area contributed by atoms with Gasteiger partial charge < -0.3 is 9.73 Å². The van der Waals surface area contributed by atoms with Gasteiger partial charge in [0.1, 0.15) is 5.52 Å². The lowest BCUT2D eigenvalue weighted by molar-refractivity contribution is 0.0889. The molecule has 31 heavy (non-hydrogen) atoms. The number of fused-ring (bicyclic) bond motifs is 1. The van der Waals surface area contributed by atoms with Crippen LogP contribution in [-0.2, 0) is 0 Å². The second-order valence-corrected chi connectivity index (χ2v) is 8.47. The summed E-state index contributed by atoms with van der Waals surface area (Å²) in [7, 11) is 0. The second kappa shape index (κ2) is 8.38. The molecule has 0 spiro atoms. The number of ketones is 1. The fourth-order valence-electron chi connectivity index (χ4n) is 4.39. The highest BCUT2D eigenvalue weighted by Crippen LogP contribution is 2.29. The molecule has 4 heteroatoms. The molecular formula is C27H26N2O2. The summed E-state index contributed by atoms with van der Waals surface area (Å²) in [6.07, 6.45) is 5.69. The van der Waals surface area contributed by atoms with Crippen LogP contribution in [0, 0.1) is 12.8 Å². The number of hydrogen-bond donors (Lipinski definition) is 1. The molecular weight excluding hydrogens is 384 g/mol. The van der Waals surface area contributed by atoms with Gasteiger partial charge in [0.15, 0.2) is 11.4 Å². The lowest BCUT2D eigenvalue weighted by Crippen LogP contribution is -2.17. The van der Waals surface area contributed by atoms with E-state index in [4.69, 9.17) is 4.42 Å². The van der Waals surface area contributed by atoms with Gasteiger partial charge in [0, 0.05) is 17.2 Å². The lowest BCUT2D eigenvalue weighted by Gasteiger charge is -2.20. The van der Waals surface area contributed by atoms with E-state index in [1.807, 2.05) is 61.5 Å². The number of nitrogens with one attached hydrogen (secondary N) is 1. The highest BCUT2D eigenvalue weighted by molar-refractivity contribution is 5.98. The van der Waals surface area contributed by atoms with E-state index in [-0.39, 0.29) is 5.92 Å². The number of nitrogens with zero attached hydrogens (tertiary/aromatic N) is 1. The van der Waals surface area contributed by atoms with Gasteiger partial charge in [0.25, 0.3) is 6.01 Å². The summed E-state index contributed by atoms with van der Waals surface area (Å²) in [4.78, 5) is 17.2. The van der Waals surface area contributed by atoms with Crippen molar-refractivity contribution in [3.8, 4) is 11.1 Å². The zero-order valence-electron chi connectivity index (χ0n) is 17.7. The van der Waals surface area contributed by atoms with Crippen molar-refractivity contribution >= 4 is 28.6 Å². The Morgan fingerprint density at radius 2 is 1.58 bits per heavy atom. The normalized spacial score (nSPS) is 14.6. The topological polar surface area (TPSA) is 55.1 Å². The van der Waals surface area contributed by atoms with Gasteiger partial charge >= 0.3 is 0 Å². The van der Waals surface area contributed by atoms with Crippen LogP contribution in [-0.4, -0.2) is 10.8 Å². The third kappa shape index (κ3) is 4.24. The molecule has 1 saturated carbocycles. The number of aromatic nitrogens is 1. The Kier molecular flexibility index (Phi) is 5.29. The first-order chi connectivity index (χ1) is 15.2. The van der Waals surface area contributed by atoms with Crippen molar-refractivity contribution in [2.24, 2.45) is 5.92 Å². The molecule has 3 aromatic carbocycles. The number of anilines is 2. The monoisotopic (exact) mass is 410 g/mol. The molecule has 0 saturated heterocycles. The van der Waals surface area contributed by atoms with Crippen molar-refractivity contribution in [3.05, 3.63) is 77.9 Å². The number of oxazole rings is 1. The van der Waals surface area contributed by atoms with Crippen molar-refractivity contribution < 1.29 is 9.21 Å². The van der Waals surface area contributed by atoms with Crippen molar-refractivity contribution in [1.29, 1.82) is 0 Å². The number of rotatable bonds is 5. The molecule has 4 aromatic rings. The van der Waals surface area contributed by atoms with Crippen molar-refractivity contribution in [1.82, 2.24) is 4.98 Å². The Morgan fingerprint density at radius 1 is 0.903 bits per heavy atom. The SMILES string of the molecule is Cc1ccc2oc(Nc3ccc(-c4ccc(C(=O)C5CCCCC5)cc4)cc3)nc2c1. The Bertz CT molecular complexity index is 1200. The first-order valence-electron chi connectivity index (χ1n) is 11.0. The molecule has 0 atom stereocenters. The molecule has 1 aliphatic carbocycles. The van der Waals surface area contributed by atoms with Crippen LogP contribution in [0.2, 0.25) is 0 Å². The van der Waals surface area contributed by atoms with Gasteiger partial charge in [-0.1, -0.05) is 61.7 Å². The zero-order valence-corrected chi connectivity index (χ0v) is 17.7. The lowest BCUT2D eigenvalue weighted by atomic mass is 9.83. The molecule has 1 heterocycles. The summed E-state index contributed by atoms with van der Waals surface area (Å²) >= 11 is 0. The number of carbonyl (C=O) groups excluding carboxylic acids is 1. The van der Waals surface area contributed by atoms with E-state index in [9.17, 15) is 4.79 Å². The Labute approximate surface area is 182 Å². The molecule has 156 valence electrons. The minimum Gasteiger partial charge on any atom is -0.423 e. The Hall–Kier alpha value is -3.40. The molecule has 1 N–H and O–H groups in total. The number of carbonyl (C=O) groups is 1. The number of aryl methyl sites for hydroxylation is 1. The van der Waals surface area contributed by atoms with E-state index in [1.165, 1.54) is 19.3 Å². The number of benzene rings is 3. The van der Waals surface area contributed by atoms with Crippen LogP contribution in [0.5, 0.6) is 0 Å². The maximum absolute atomic E-state index is 12.7. The number of hydrogen-bond acceptors (Lipinski definition) is 4. The standard InChI is InChI=1S/C27H26N2O2/c1-18-7-16-25-24(17-18)29-27(31-25)28-23-14-12-20(13-15-23)19-8-10-22(11-9-19)26(30)21-5-3-2-4-6-21/h7-17,21H,2-6H2,1H3,(H,28,29). The molecule has 0 unspecified atom stereocenters. The van der Waals surface area contributed by atoms with Gasteiger partial charge in [0.05, 0.1) is 0 Å². The third-order valence-electron chi connectivity index (χ3n) is 6.16. The zero-order chi connectivity index (χ0) is 21.2. The van der Waals surface area contributed by atoms with Gasteiger partial charge in [-0.25, -0.2) is 0 Å². The van der Waals surface area contributed by atoms with Crippen LogP contribution in [0.25, 0.3) is 22.2 Å². The van der Waals surface area contributed by atoms with Crippen LogP contribution in [0.15, 0.2) is 71.1 Å². The Balaban J connectivity index is 1.28. The summed E-state index contributed by atoms with van der Waals surface area (Å²) in [5, 5.41) is 3.23. The Morgan fingerprint density at radius 3 is 2.29 bits per heavy atom. The summed E-state index contributed by atoms with van der Waals surface area (Å²) < 4.78 is 5.77. The predicted molar refractivity (Wildman–Crippen MR) is 125 cm³/mol. The van der Waals surface area contributed by atoms with E-state index in [1.54, 1.807) is 0 Å². The summed E-state index contributed by atoms with van der Waals surface area (Å²) in [6, 6.07) is 22.6. The highest BCUT2D eigenvalue weighted by Gasteiger charge is 2.22. The molecule has 0 aliphatic heterocycles. The van der Waals surface area contributed by atoms with E-state index in [2.05, 4.69) is 22.4 Å². The number of Topliss-reactive ketones (excluding diaryl/α,β-unsaturated/α-hetero) is 1. The molecule has 1 aromatic heterocycles. The van der Waals surface area contributed by atoms with Crippen molar-refractivity contribution in [2.45, 2.75) is 39.0 Å². The molecule has 4 nitrogen and oxygen atoms in total.